The number of hydrogen-bond donors (Lipinski definition) is 2. The molecule has 4 aliphatic rings. The van der Waals surface area contributed by atoms with Crippen LogP contribution < -0.4 is 53.2 Å². The van der Waals surface area contributed by atoms with Gasteiger partial charge in [0.25, 0.3) is 13.4 Å². The average Bonchev–Trinajstić information content (AvgIpc) is 0.734. The first kappa shape index (κ1) is 64.1. The van der Waals surface area contributed by atoms with Crippen LogP contribution in [0.5, 0.6) is 0 Å². The number of nitrogens with zero attached hydrogens (tertiary/aromatic N) is 8. The zero-order valence-corrected chi connectivity index (χ0v) is 60.3. The normalized spacial score (nSPS) is 12.7. The van der Waals surface area contributed by atoms with E-state index >= 15 is 0 Å². The number of rotatable bonds is 12. The van der Waals surface area contributed by atoms with Gasteiger partial charge < -0.3 is 20.4 Å². The minimum Gasteiger partial charge on any atom is -0.356 e. The quantitative estimate of drug-likeness (QED) is 0.117. The third-order valence-electron chi connectivity index (χ3n) is 22.2. The van der Waals surface area contributed by atoms with Crippen LogP contribution in [-0.2, 0) is 25.9 Å². The lowest BCUT2D eigenvalue weighted by molar-refractivity contribution is 0.955. The molecule has 0 aliphatic carbocycles. The highest BCUT2D eigenvalue weighted by atomic mass is 15.2. The van der Waals surface area contributed by atoms with Crippen LogP contribution in [0.4, 0.5) is 45.5 Å². The van der Waals surface area contributed by atoms with Gasteiger partial charge in [-0.1, -0.05) is 184 Å². The second kappa shape index (κ2) is 26.2. The molecule has 10 nitrogen and oxygen atoms in total. The SMILES string of the molecule is CCc1cc2c3c(c1)N(Cc1ccccc1)c1ccc(-c4nc5ccccc5n4-c4c(C)cccc4C)cc1B3c1cc(-c3ccccn3)ccc1N2Cc1ccccc1.CCc1cc2c3c(c1)Nc1ccc(-c4nc5ccccc5n4-c4c(C)cccc4C)cc1B3c1cc(-c3ccccn3)ccc1N2. The Balaban J connectivity index is 0.000000150. The first-order chi connectivity index (χ1) is 52.1. The fraction of sp³-hybridized carbons (Fsp3) is 0.106. The van der Waals surface area contributed by atoms with Crippen molar-refractivity contribution >= 4 is 114 Å². The van der Waals surface area contributed by atoms with Crippen molar-refractivity contribution in [3.63, 3.8) is 0 Å². The van der Waals surface area contributed by atoms with Gasteiger partial charge in [0.1, 0.15) is 11.6 Å². The minimum absolute atomic E-state index is 0.0356. The molecule has 0 radical (unpaired) electrons. The summed E-state index contributed by atoms with van der Waals surface area (Å²) in [6.45, 7) is 14.8. The molecule has 8 heterocycles. The molecular formula is C94H76B2N10. The van der Waals surface area contributed by atoms with Crippen molar-refractivity contribution in [2.24, 2.45) is 0 Å². The maximum atomic E-state index is 5.42. The third-order valence-corrected chi connectivity index (χ3v) is 22.2. The summed E-state index contributed by atoms with van der Waals surface area (Å²) in [4.78, 5) is 25.3. The lowest BCUT2D eigenvalue weighted by Crippen LogP contribution is -2.62. The smallest absolute Gasteiger partial charge is 0.252 e. The Morgan fingerprint density at radius 2 is 0.717 bits per heavy atom. The Labute approximate surface area is 619 Å². The van der Waals surface area contributed by atoms with Crippen molar-refractivity contribution < 1.29 is 0 Å². The lowest BCUT2D eigenvalue weighted by atomic mass is 9.33. The average molecular weight is 1370 g/mol. The standard InChI is InChI=1S/C54H44BN5.C40H32BN5/c1-4-38-30-50-52-51(31-38)59(35-40-20-9-6-10-21-40)48-28-26-42(54-57-46-23-11-12-24-49(46)60(54)53-36(2)16-15-17-37(53)3)33-44(48)55(52)43-32-41(45-22-13-14-29-56-45)25-27-47(43)58(50)34-39-18-7-5-8-19-39;1-4-26-20-35-38-36(21-26)44-33-18-16-28(40-45-34-13-5-6-14-37(34)46(40)39-24(2)10-9-11-25(39)3)23-30(33)41(38)29-22-27(15-17-32(29)43-35)31-12-7-8-19-42-31/h5-33H,4,34-35H2,1-3H3;5-23,43-44H,4H2,1-3H3. The second-order valence-electron chi connectivity index (χ2n) is 28.7. The van der Waals surface area contributed by atoms with Crippen LogP contribution in [-0.4, -0.2) is 42.5 Å². The van der Waals surface area contributed by atoms with Gasteiger partial charge in [0.2, 0.25) is 0 Å². The molecular weight excluding hydrogens is 1290 g/mol. The van der Waals surface area contributed by atoms with Crippen molar-refractivity contribution in [2.75, 3.05) is 20.4 Å². The molecule has 0 amide bonds. The number of aryl methyl sites for hydroxylation is 6. The minimum atomic E-state index is -0.0356. The molecule has 12 heteroatoms. The van der Waals surface area contributed by atoms with Crippen LogP contribution in [0.25, 0.3) is 78.7 Å². The van der Waals surface area contributed by atoms with E-state index in [1.807, 2.05) is 30.6 Å². The van der Waals surface area contributed by atoms with E-state index in [1.165, 1.54) is 123 Å². The van der Waals surface area contributed by atoms with Gasteiger partial charge in [-0.3, -0.25) is 19.1 Å². The summed E-state index contributed by atoms with van der Waals surface area (Å²) in [5, 5.41) is 7.62. The van der Waals surface area contributed by atoms with E-state index in [0.29, 0.717) is 0 Å². The van der Waals surface area contributed by atoms with E-state index in [0.717, 1.165) is 105 Å². The van der Waals surface area contributed by atoms with Crippen molar-refractivity contribution in [3.8, 4) is 56.7 Å². The van der Waals surface area contributed by atoms with Crippen molar-refractivity contribution in [3.05, 3.63) is 336 Å². The molecule has 20 rings (SSSR count). The van der Waals surface area contributed by atoms with Gasteiger partial charge in [-0.05, 0) is 238 Å². The van der Waals surface area contributed by atoms with Gasteiger partial charge in [0.05, 0.1) is 44.8 Å². The number of nitrogens with one attached hydrogen (secondary N) is 2. The highest BCUT2D eigenvalue weighted by Crippen LogP contribution is 2.44. The first-order valence-corrected chi connectivity index (χ1v) is 37.1. The molecule has 0 spiro atoms. The molecule has 0 fully saturated rings. The molecule has 0 saturated heterocycles. The molecule has 106 heavy (non-hydrogen) atoms. The van der Waals surface area contributed by atoms with E-state index in [-0.39, 0.29) is 13.4 Å². The van der Waals surface area contributed by atoms with Crippen molar-refractivity contribution in [2.45, 2.75) is 67.5 Å². The Morgan fingerprint density at radius 3 is 1.19 bits per heavy atom. The zero-order valence-electron chi connectivity index (χ0n) is 60.3. The van der Waals surface area contributed by atoms with E-state index < -0.39 is 0 Å². The predicted octanol–water partition coefficient (Wildman–Crippen LogP) is 18.3. The zero-order chi connectivity index (χ0) is 71.3. The van der Waals surface area contributed by atoms with E-state index in [9.17, 15) is 0 Å². The molecule has 508 valence electrons. The monoisotopic (exact) mass is 1370 g/mol. The van der Waals surface area contributed by atoms with Crippen LogP contribution in [0.2, 0.25) is 0 Å². The summed E-state index contributed by atoms with van der Waals surface area (Å²) in [6.07, 6.45) is 5.67. The predicted molar refractivity (Wildman–Crippen MR) is 443 cm³/mol. The van der Waals surface area contributed by atoms with Gasteiger partial charge in [-0.2, -0.15) is 0 Å². The Hall–Kier alpha value is -12.8. The lowest BCUT2D eigenvalue weighted by Gasteiger charge is -2.45. The van der Waals surface area contributed by atoms with Crippen LogP contribution in [0, 0.1) is 27.7 Å². The molecule has 2 N–H and O–H groups in total. The molecule has 4 aliphatic heterocycles. The number of pyridine rings is 2. The van der Waals surface area contributed by atoms with Gasteiger partial charge in [-0.25, -0.2) is 9.97 Å². The van der Waals surface area contributed by atoms with Crippen LogP contribution >= 0.6 is 0 Å². The topological polar surface area (TPSA) is 92.0 Å². The fourth-order valence-corrected chi connectivity index (χ4v) is 17.2. The molecule has 4 aromatic heterocycles. The van der Waals surface area contributed by atoms with Crippen LogP contribution in [0.1, 0.15) is 58.4 Å². The Bertz CT molecular complexity index is 6070. The number of benzene rings is 12. The van der Waals surface area contributed by atoms with Crippen LogP contribution in [0.15, 0.2) is 291 Å². The highest BCUT2D eigenvalue weighted by molar-refractivity contribution is 7.01. The molecule has 16 aromatic rings. The van der Waals surface area contributed by atoms with Crippen molar-refractivity contribution in [1.82, 2.24) is 29.1 Å². The van der Waals surface area contributed by atoms with E-state index in [4.69, 9.17) is 15.0 Å². The number of imidazole rings is 2. The molecule has 0 saturated carbocycles. The Kier molecular flexibility index (Phi) is 15.8. The molecule has 0 atom stereocenters. The number of aromatic nitrogens is 6. The maximum Gasteiger partial charge on any atom is 0.252 e. The molecule has 12 aromatic carbocycles. The summed E-state index contributed by atoms with van der Waals surface area (Å²) in [5.41, 5.74) is 40.3. The van der Waals surface area contributed by atoms with E-state index in [1.54, 1.807) is 0 Å². The van der Waals surface area contributed by atoms with E-state index in [2.05, 4.69) is 337 Å². The highest BCUT2D eigenvalue weighted by Gasteiger charge is 2.44. The molecule has 0 unspecified atom stereocenters. The number of para-hydroxylation sites is 6. The first-order valence-electron chi connectivity index (χ1n) is 37.1. The van der Waals surface area contributed by atoms with Gasteiger partial charge in [-0.15, -0.1) is 0 Å². The third kappa shape index (κ3) is 10.9. The van der Waals surface area contributed by atoms with Crippen molar-refractivity contribution in [1.29, 1.82) is 0 Å². The summed E-state index contributed by atoms with van der Waals surface area (Å²) >= 11 is 0. The number of fused-ring (bicyclic) bond motifs is 10. The van der Waals surface area contributed by atoms with Gasteiger partial charge >= 0.3 is 0 Å². The number of anilines is 8. The largest absolute Gasteiger partial charge is 0.356 e. The van der Waals surface area contributed by atoms with Gasteiger partial charge in [0, 0.05) is 82.1 Å². The van der Waals surface area contributed by atoms with Crippen LogP contribution in [0.3, 0.4) is 0 Å². The summed E-state index contributed by atoms with van der Waals surface area (Å²) in [5.74, 6) is 1.90. The summed E-state index contributed by atoms with van der Waals surface area (Å²) < 4.78 is 4.73. The second-order valence-corrected chi connectivity index (χ2v) is 28.7. The fourth-order valence-electron chi connectivity index (χ4n) is 17.2. The van der Waals surface area contributed by atoms with Gasteiger partial charge in [0.15, 0.2) is 0 Å². The summed E-state index contributed by atoms with van der Waals surface area (Å²) in [6, 6.07) is 101. The number of hydrogen-bond acceptors (Lipinski definition) is 8. The maximum absolute atomic E-state index is 5.42. The Morgan fingerprint density at radius 1 is 0.321 bits per heavy atom. The summed E-state index contributed by atoms with van der Waals surface area (Å²) in [7, 11) is 0. The molecule has 0 bridgehead atoms.